The van der Waals surface area contributed by atoms with Gasteiger partial charge in [-0.25, -0.2) is 0 Å². The van der Waals surface area contributed by atoms with E-state index in [2.05, 4.69) is 0 Å². The van der Waals surface area contributed by atoms with Gasteiger partial charge in [-0.1, -0.05) is 13.3 Å². The molecule has 0 aliphatic rings. The Kier molecular flexibility index (Phi) is 7.76. The van der Waals surface area contributed by atoms with Crippen LogP contribution in [0, 0.1) is 0 Å². The van der Waals surface area contributed by atoms with E-state index in [4.69, 9.17) is 4.74 Å². The highest BCUT2D eigenvalue weighted by atomic mass is 19.4. The average Bonchev–Trinajstić information content (AvgIpc) is 2.15. The van der Waals surface area contributed by atoms with Crippen molar-refractivity contribution in [1.82, 2.24) is 0 Å². The van der Waals surface area contributed by atoms with Crippen molar-refractivity contribution in [2.75, 3.05) is 6.61 Å². The summed E-state index contributed by atoms with van der Waals surface area (Å²) >= 11 is 0. The predicted octanol–water partition coefficient (Wildman–Crippen LogP) is 3.29. The third-order valence-electron chi connectivity index (χ3n) is 2.34. The molecule has 2 nitrogen and oxygen atoms in total. The second-order valence-electron chi connectivity index (χ2n) is 3.86. The van der Waals surface area contributed by atoms with E-state index in [0.29, 0.717) is 13.0 Å². The lowest BCUT2D eigenvalue weighted by molar-refractivity contribution is -0.137. The van der Waals surface area contributed by atoms with Crippen molar-refractivity contribution in [3.8, 4) is 0 Å². The Balaban J connectivity index is 3.86. The van der Waals surface area contributed by atoms with Crippen molar-refractivity contribution in [3.63, 3.8) is 0 Å². The van der Waals surface area contributed by atoms with E-state index in [0.717, 1.165) is 6.42 Å². The minimum absolute atomic E-state index is 0.0437. The normalized spacial score (nSPS) is 16.1. The molecule has 0 radical (unpaired) electrons. The van der Waals surface area contributed by atoms with Gasteiger partial charge in [-0.15, -0.1) is 0 Å². The van der Waals surface area contributed by atoms with Crippen LogP contribution in [0.5, 0.6) is 0 Å². The van der Waals surface area contributed by atoms with E-state index in [1.807, 2.05) is 13.8 Å². The number of aliphatic hydroxyl groups is 1. The number of alkyl halides is 3. The van der Waals surface area contributed by atoms with Crippen LogP contribution < -0.4 is 0 Å². The molecule has 16 heavy (non-hydrogen) atoms. The molecule has 0 aliphatic heterocycles. The molecule has 0 aliphatic carbocycles. The van der Waals surface area contributed by atoms with Crippen LogP contribution in [0.15, 0.2) is 0 Å². The number of rotatable bonds is 8. The van der Waals surface area contributed by atoms with Gasteiger partial charge in [-0.3, -0.25) is 0 Å². The average molecular weight is 242 g/mol. The van der Waals surface area contributed by atoms with Crippen LogP contribution in [0.4, 0.5) is 13.2 Å². The maximum atomic E-state index is 11.9. The molecule has 1 N–H and O–H groups in total. The summed E-state index contributed by atoms with van der Waals surface area (Å²) in [4.78, 5) is 0. The zero-order chi connectivity index (χ0) is 12.6. The van der Waals surface area contributed by atoms with E-state index in [1.54, 1.807) is 0 Å². The van der Waals surface area contributed by atoms with Crippen molar-refractivity contribution in [2.24, 2.45) is 0 Å². The van der Waals surface area contributed by atoms with Crippen molar-refractivity contribution < 1.29 is 23.0 Å². The van der Waals surface area contributed by atoms with E-state index >= 15 is 0 Å². The summed E-state index contributed by atoms with van der Waals surface area (Å²) in [5, 5.41) is 9.68. The monoisotopic (exact) mass is 242 g/mol. The fraction of sp³-hybridized carbons (Fsp3) is 1.00. The lowest BCUT2D eigenvalue weighted by atomic mass is 10.0. The van der Waals surface area contributed by atoms with Crippen molar-refractivity contribution in [2.45, 2.75) is 64.3 Å². The number of ether oxygens (including phenoxy) is 1. The van der Waals surface area contributed by atoms with Crippen molar-refractivity contribution >= 4 is 0 Å². The van der Waals surface area contributed by atoms with Crippen LogP contribution in [0.3, 0.4) is 0 Å². The van der Waals surface area contributed by atoms with Gasteiger partial charge in [0, 0.05) is 13.0 Å². The first-order valence-corrected chi connectivity index (χ1v) is 5.77. The van der Waals surface area contributed by atoms with Gasteiger partial charge in [0.2, 0.25) is 0 Å². The molecule has 5 heteroatoms. The van der Waals surface area contributed by atoms with Gasteiger partial charge in [0.05, 0.1) is 12.2 Å². The molecular weight excluding hydrogens is 221 g/mol. The minimum Gasteiger partial charge on any atom is -0.390 e. The Morgan fingerprint density at radius 2 is 1.81 bits per heavy atom. The predicted molar refractivity (Wildman–Crippen MR) is 56.2 cm³/mol. The fourth-order valence-corrected chi connectivity index (χ4v) is 1.58. The van der Waals surface area contributed by atoms with Gasteiger partial charge in [0.15, 0.2) is 0 Å². The number of hydrogen-bond donors (Lipinski definition) is 1. The van der Waals surface area contributed by atoms with Gasteiger partial charge in [-0.05, 0) is 26.2 Å². The summed E-state index contributed by atoms with van der Waals surface area (Å²) in [6.45, 7) is 4.24. The zero-order valence-corrected chi connectivity index (χ0v) is 9.89. The van der Waals surface area contributed by atoms with Gasteiger partial charge >= 0.3 is 6.18 Å². The minimum atomic E-state index is -4.13. The molecule has 98 valence electrons. The van der Waals surface area contributed by atoms with Crippen molar-refractivity contribution in [3.05, 3.63) is 0 Å². The van der Waals surface area contributed by atoms with E-state index in [-0.39, 0.29) is 18.9 Å². The zero-order valence-electron chi connectivity index (χ0n) is 9.89. The van der Waals surface area contributed by atoms with E-state index in [1.165, 1.54) is 0 Å². The van der Waals surface area contributed by atoms with Gasteiger partial charge in [0.1, 0.15) is 0 Å². The molecule has 0 fully saturated rings. The van der Waals surface area contributed by atoms with Crippen molar-refractivity contribution in [1.29, 1.82) is 0 Å². The van der Waals surface area contributed by atoms with Crippen LogP contribution in [0.2, 0.25) is 0 Å². The SMILES string of the molecule is CCCC(OCC)C(O)CCCC(F)(F)F. The van der Waals surface area contributed by atoms with Crippen LogP contribution >= 0.6 is 0 Å². The maximum absolute atomic E-state index is 11.9. The first-order valence-electron chi connectivity index (χ1n) is 5.77. The number of aliphatic hydroxyl groups excluding tert-OH is 1. The van der Waals surface area contributed by atoms with Gasteiger partial charge in [0.25, 0.3) is 0 Å². The Hall–Kier alpha value is -0.290. The third kappa shape index (κ3) is 7.93. The fourth-order valence-electron chi connectivity index (χ4n) is 1.58. The molecule has 0 amide bonds. The number of hydrogen-bond acceptors (Lipinski definition) is 2. The maximum Gasteiger partial charge on any atom is 0.389 e. The summed E-state index contributed by atoms with van der Waals surface area (Å²) < 4.78 is 41.0. The topological polar surface area (TPSA) is 29.5 Å². The molecule has 0 aromatic carbocycles. The lowest BCUT2D eigenvalue weighted by Gasteiger charge is -2.22. The van der Waals surface area contributed by atoms with Crippen LogP contribution in [-0.2, 0) is 4.74 Å². The standard InChI is InChI=1S/C11H21F3O2/c1-3-6-10(16-4-2)9(15)7-5-8-11(12,13)14/h9-10,15H,3-8H2,1-2H3. The van der Waals surface area contributed by atoms with Gasteiger partial charge in [-0.2, -0.15) is 13.2 Å². The quantitative estimate of drug-likeness (QED) is 0.707. The molecular formula is C11H21F3O2. The Bertz CT molecular complexity index is 165. The first-order chi connectivity index (χ1) is 7.40. The highest BCUT2D eigenvalue weighted by Crippen LogP contribution is 2.23. The molecule has 0 aromatic rings. The molecule has 0 spiro atoms. The molecule has 0 bridgehead atoms. The summed E-state index contributed by atoms with van der Waals surface area (Å²) in [7, 11) is 0. The second-order valence-corrected chi connectivity index (χ2v) is 3.86. The highest BCUT2D eigenvalue weighted by molar-refractivity contribution is 4.69. The van der Waals surface area contributed by atoms with Crippen LogP contribution in [0.25, 0.3) is 0 Å². The largest absolute Gasteiger partial charge is 0.390 e. The van der Waals surface area contributed by atoms with Crippen LogP contribution in [-0.4, -0.2) is 30.1 Å². The second kappa shape index (κ2) is 7.90. The number of halogens is 3. The summed E-state index contributed by atoms with van der Waals surface area (Å²) in [6, 6.07) is 0. The highest BCUT2D eigenvalue weighted by Gasteiger charge is 2.27. The van der Waals surface area contributed by atoms with E-state index in [9.17, 15) is 18.3 Å². The Labute approximate surface area is 94.8 Å². The Morgan fingerprint density at radius 3 is 2.25 bits per heavy atom. The van der Waals surface area contributed by atoms with E-state index < -0.39 is 18.7 Å². The third-order valence-corrected chi connectivity index (χ3v) is 2.34. The molecule has 0 heterocycles. The molecule has 0 aromatic heterocycles. The molecule has 0 saturated carbocycles. The first kappa shape index (κ1) is 15.7. The molecule has 2 unspecified atom stereocenters. The summed E-state index contributed by atoms with van der Waals surface area (Å²) in [6.07, 6.45) is -4.46. The summed E-state index contributed by atoms with van der Waals surface area (Å²) in [5.41, 5.74) is 0. The molecule has 2 atom stereocenters. The van der Waals surface area contributed by atoms with Crippen LogP contribution in [0.1, 0.15) is 46.0 Å². The smallest absolute Gasteiger partial charge is 0.389 e. The molecule has 0 saturated heterocycles. The molecule has 0 rings (SSSR count). The van der Waals surface area contributed by atoms with Gasteiger partial charge < -0.3 is 9.84 Å². The lowest BCUT2D eigenvalue weighted by Crippen LogP contribution is -2.29. The Morgan fingerprint density at radius 1 is 1.19 bits per heavy atom. The summed E-state index contributed by atoms with van der Waals surface area (Å²) in [5.74, 6) is 0.